The minimum atomic E-state index is 0.725. The Morgan fingerprint density at radius 2 is 2.00 bits per heavy atom. The van der Waals surface area contributed by atoms with E-state index < -0.39 is 0 Å². The van der Waals surface area contributed by atoms with Gasteiger partial charge in [-0.2, -0.15) is 0 Å². The zero-order valence-electron chi connectivity index (χ0n) is 6.04. The summed E-state index contributed by atoms with van der Waals surface area (Å²) in [6, 6.07) is 8.02. The first-order valence-corrected chi connectivity index (χ1v) is 3.53. The van der Waals surface area contributed by atoms with Gasteiger partial charge in [-0.3, -0.25) is 0 Å². The average Bonchev–Trinajstić information content (AvgIpc) is 2.06. The fourth-order valence-corrected chi connectivity index (χ4v) is 1.19. The van der Waals surface area contributed by atoms with Crippen molar-refractivity contribution in [3.63, 3.8) is 0 Å². The molecule has 1 aliphatic rings. The van der Waals surface area contributed by atoms with Gasteiger partial charge in [0, 0.05) is 12.3 Å². The molecule has 0 aliphatic carbocycles. The maximum Gasteiger partial charge on any atom is 0.265 e. The molecule has 2 rings (SSSR count). The third-order valence-corrected chi connectivity index (χ3v) is 1.75. The number of rotatable bonds is 0. The van der Waals surface area contributed by atoms with Crippen LogP contribution in [0.25, 0.3) is 11.8 Å². The first-order valence-electron chi connectivity index (χ1n) is 3.53. The predicted molar refractivity (Wildman–Crippen MR) is 46.3 cm³/mol. The summed E-state index contributed by atoms with van der Waals surface area (Å²) in [5, 5.41) is 2.95. The summed E-state index contributed by atoms with van der Waals surface area (Å²) < 4.78 is 0. The van der Waals surface area contributed by atoms with Gasteiger partial charge in [-0.05, 0) is 18.2 Å². The summed E-state index contributed by atoms with van der Waals surface area (Å²) in [4.78, 5) is 0. The molecule has 0 amide bonds. The predicted octanol–water partition coefficient (Wildman–Crippen LogP) is 2.03. The zero-order chi connectivity index (χ0) is 7.68. The highest BCUT2D eigenvalue weighted by Crippen LogP contribution is 2.19. The van der Waals surface area contributed by atoms with Gasteiger partial charge in [0.15, 0.2) is 0 Å². The van der Waals surface area contributed by atoms with E-state index in [2.05, 4.69) is 5.32 Å². The molecule has 52 valence electrons. The van der Waals surface area contributed by atoms with Crippen LogP contribution < -0.4 is 5.32 Å². The molecule has 1 nitrogen and oxygen atoms in total. The molecular weight excluding hydrogens is 134 g/mol. The summed E-state index contributed by atoms with van der Waals surface area (Å²) in [7, 11) is 0. The van der Waals surface area contributed by atoms with Crippen LogP contribution in [0.5, 0.6) is 0 Å². The fourth-order valence-electron chi connectivity index (χ4n) is 1.19. The standard InChI is InChI=1S/C10H8N/c1-8-10-5-3-2-4-9(10)6-7-11-8/h1-7,11H/q+1. The van der Waals surface area contributed by atoms with Gasteiger partial charge in [-0.25, -0.2) is 0 Å². The van der Waals surface area contributed by atoms with E-state index in [0.29, 0.717) is 0 Å². The third kappa shape index (κ3) is 0.917. The van der Waals surface area contributed by atoms with Gasteiger partial charge in [0.2, 0.25) is 0 Å². The molecule has 0 bridgehead atoms. The van der Waals surface area contributed by atoms with Crippen LogP contribution in [0.2, 0.25) is 0 Å². The molecule has 1 aliphatic heterocycles. The topological polar surface area (TPSA) is 12.0 Å². The van der Waals surface area contributed by atoms with E-state index in [1.165, 1.54) is 5.56 Å². The highest BCUT2D eigenvalue weighted by atomic mass is 14.9. The Morgan fingerprint density at radius 1 is 1.18 bits per heavy atom. The Balaban J connectivity index is 2.63. The van der Waals surface area contributed by atoms with Crippen LogP contribution in [-0.2, 0) is 0 Å². The van der Waals surface area contributed by atoms with E-state index >= 15 is 0 Å². The molecule has 0 radical (unpaired) electrons. The van der Waals surface area contributed by atoms with E-state index in [1.807, 2.05) is 36.5 Å². The summed E-state index contributed by atoms with van der Waals surface area (Å²) in [6.45, 7) is 5.70. The summed E-state index contributed by atoms with van der Waals surface area (Å²) in [6.07, 6.45) is 3.85. The van der Waals surface area contributed by atoms with Crippen LogP contribution in [0, 0.1) is 6.58 Å². The Kier molecular flexibility index (Phi) is 1.24. The number of fused-ring (bicyclic) bond motifs is 1. The molecule has 0 saturated carbocycles. The molecule has 0 unspecified atom stereocenters. The van der Waals surface area contributed by atoms with Gasteiger partial charge in [0.25, 0.3) is 5.70 Å². The highest BCUT2D eigenvalue weighted by molar-refractivity contribution is 5.75. The van der Waals surface area contributed by atoms with E-state index in [0.717, 1.165) is 11.3 Å². The average molecular weight is 142 g/mol. The van der Waals surface area contributed by atoms with Crippen molar-refractivity contribution in [1.82, 2.24) is 5.32 Å². The van der Waals surface area contributed by atoms with Gasteiger partial charge in [0.1, 0.15) is 5.56 Å². The SMILES string of the molecule is [CH+]=C1NC=Cc2ccccc21. The van der Waals surface area contributed by atoms with E-state index in [4.69, 9.17) is 6.58 Å². The van der Waals surface area contributed by atoms with E-state index in [-0.39, 0.29) is 0 Å². The molecule has 1 heterocycles. The Labute approximate surface area is 66.1 Å². The lowest BCUT2D eigenvalue weighted by molar-refractivity contribution is 1.20. The molecule has 0 fully saturated rings. The monoisotopic (exact) mass is 142 g/mol. The van der Waals surface area contributed by atoms with Crippen LogP contribution >= 0.6 is 0 Å². The summed E-state index contributed by atoms with van der Waals surface area (Å²) in [5.74, 6) is 0. The van der Waals surface area contributed by atoms with Crippen molar-refractivity contribution in [3.8, 4) is 0 Å². The Bertz CT molecular complexity index is 323. The lowest BCUT2D eigenvalue weighted by Crippen LogP contribution is -2.07. The normalized spacial score (nSPS) is 13.9. The lowest BCUT2D eigenvalue weighted by atomic mass is 10.0. The van der Waals surface area contributed by atoms with E-state index in [9.17, 15) is 0 Å². The molecular formula is C10H8N+. The quantitative estimate of drug-likeness (QED) is 0.546. The molecule has 0 aromatic heterocycles. The van der Waals surface area contributed by atoms with Crippen molar-refractivity contribution in [2.75, 3.05) is 0 Å². The second-order valence-electron chi connectivity index (χ2n) is 2.48. The molecule has 11 heavy (non-hydrogen) atoms. The first kappa shape index (κ1) is 6.14. The largest absolute Gasteiger partial charge is 0.320 e. The Hall–Kier alpha value is -1.59. The minimum absolute atomic E-state index is 0.725. The van der Waals surface area contributed by atoms with Gasteiger partial charge in [-0.1, -0.05) is 6.07 Å². The number of benzene rings is 1. The van der Waals surface area contributed by atoms with Gasteiger partial charge >= 0.3 is 0 Å². The van der Waals surface area contributed by atoms with Crippen molar-refractivity contribution >= 4 is 11.8 Å². The van der Waals surface area contributed by atoms with Gasteiger partial charge < -0.3 is 5.32 Å². The highest BCUT2D eigenvalue weighted by Gasteiger charge is 2.15. The van der Waals surface area contributed by atoms with Gasteiger partial charge in [-0.15, -0.1) is 0 Å². The second kappa shape index (κ2) is 2.22. The van der Waals surface area contributed by atoms with Crippen LogP contribution in [-0.4, -0.2) is 0 Å². The van der Waals surface area contributed by atoms with Crippen molar-refractivity contribution in [2.24, 2.45) is 0 Å². The molecule has 1 heteroatoms. The second-order valence-corrected chi connectivity index (χ2v) is 2.48. The third-order valence-electron chi connectivity index (χ3n) is 1.75. The maximum absolute atomic E-state index is 5.70. The van der Waals surface area contributed by atoms with Crippen molar-refractivity contribution < 1.29 is 0 Å². The van der Waals surface area contributed by atoms with Crippen LogP contribution in [0.4, 0.5) is 0 Å². The van der Waals surface area contributed by atoms with Crippen LogP contribution in [0.15, 0.2) is 30.5 Å². The number of hydrogen-bond donors (Lipinski definition) is 1. The minimum Gasteiger partial charge on any atom is -0.320 e. The van der Waals surface area contributed by atoms with Crippen molar-refractivity contribution in [1.29, 1.82) is 0 Å². The fraction of sp³-hybridized carbons (Fsp3) is 0. The van der Waals surface area contributed by atoms with Gasteiger partial charge in [0.05, 0.1) is 12.1 Å². The number of nitrogens with one attached hydrogen (secondary N) is 1. The maximum atomic E-state index is 5.70. The number of hydrogen-bond acceptors (Lipinski definition) is 1. The Morgan fingerprint density at radius 3 is 2.82 bits per heavy atom. The van der Waals surface area contributed by atoms with E-state index in [1.54, 1.807) is 0 Å². The van der Waals surface area contributed by atoms with Crippen molar-refractivity contribution in [3.05, 3.63) is 48.2 Å². The van der Waals surface area contributed by atoms with Crippen LogP contribution in [0.3, 0.4) is 0 Å². The lowest BCUT2D eigenvalue weighted by Gasteiger charge is -2.03. The van der Waals surface area contributed by atoms with Crippen LogP contribution in [0.1, 0.15) is 11.1 Å². The molecule has 1 aromatic carbocycles. The molecule has 1 N–H and O–H groups in total. The molecule has 0 atom stereocenters. The molecule has 0 spiro atoms. The molecule has 0 saturated heterocycles. The smallest absolute Gasteiger partial charge is 0.265 e. The summed E-state index contributed by atoms with van der Waals surface area (Å²) in [5.41, 5.74) is 2.97. The summed E-state index contributed by atoms with van der Waals surface area (Å²) >= 11 is 0. The van der Waals surface area contributed by atoms with Crippen molar-refractivity contribution in [2.45, 2.75) is 0 Å². The zero-order valence-corrected chi connectivity index (χ0v) is 6.04. The first-order chi connectivity index (χ1) is 5.38. The molecule has 1 aromatic rings.